The number of aliphatic hydroxyl groups excluding tert-OH is 1. The molecule has 0 saturated carbocycles. The first kappa shape index (κ1) is 44.9. The van der Waals surface area contributed by atoms with Gasteiger partial charge in [0.25, 0.3) is 0 Å². The zero-order valence-corrected chi connectivity index (χ0v) is 37.3. The third kappa shape index (κ3) is 11.1. The molecule has 4 atom stereocenters. The Balaban J connectivity index is 1.11. The van der Waals surface area contributed by atoms with Crippen molar-refractivity contribution < 1.29 is 29.2 Å². The van der Waals surface area contributed by atoms with Crippen molar-refractivity contribution in [2.45, 2.75) is 116 Å². The number of ether oxygens (including phenoxy) is 3. The molecule has 330 valence electrons. The van der Waals surface area contributed by atoms with E-state index in [9.17, 15) is 15.0 Å². The van der Waals surface area contributed by atoms with Gasteiger partial charge in [0.15, 0.2) is 17.5 Å². The predicted molar refractivity (Wildman–Crippen MR) is 255 cm³/mol. The Bertz CT molecular complexity index is 2470. The molecule has 0 aromatic heterocycles. The number of benzene rings is 4. The molecular weight excluding hydrogens is 787 g/mol. The number of fused-ring (bicyclic) bond motifs is 9. The number of phenolic OH excluding ortho intramolecular Hbond substituents is 1. The minimum Gasteiger partial charge on any atom is -0.508 e. The first-order valence-corrected chi connectivity index (χ1v) is 22.8. The molecule has 2 aliphatic carbocycles. The van der Waals surface area contributed by atoms with E-state index in [-0.39, 0.29) is 47.9 Å². The average Bonchev–Trinajstić information content (AvgIpc) is 3.28. The number of nitrogens with two attached hydrogens (primary N) is 1. The predicted octanol–water partition coefficient (Wildman–Crippen LogP) is 11.2. The number of unbranched alkanes of at least 4 members (excludes halogenated alkanes) is 3. The van der Waals surface area contributed by atoms with Gasteiger partial charge in [-0.3, -0.25) is 9.79 Å². The Morgan fingerprint density at radius 1 is 1.00 bits per heavy atom. The summed E-state index contributed by atoms with van der Waals surface area (Å²) in [6.45, 7) is 4.68. The SMILES string of the molecule is CCCCCc1c(CCCC[C@H]2C=CC(O)=C[C@H]2C[C@H]2CC(=O)CCc3ccc(OC)c(c3)OCc3ccc4c(c(O)cc5c4c3C=C[C@H]5C)CC#CO2)cccc1NC(N)=NC. The van der Waals surface area contributed by atoms with Crippen LogP contribution >= 0.6 is 0 Å². The van der Waals surface area contributed by atoms with Crippen LogP contribution in [0, 0.1) is 23.9 Å². The summed E-state index contributed by atoms with van der Waals surface area (Å²) in [5.74, 6) is 5.60. The second-order valence-corrected chi connectivity index (χ2v) is 17.3. The van der Waals surface area contributed by atoms with Gasteiger partial charge >= 0.3 is 0 Å². The van der Waals surface area contributed by atoms with E-state index in [4.69, 9.17) is 19.9 Å². The summed E-state index contributed by atoms with van der Waals surface area (Å²) in [6, 6.07) is 18.2. The Morgan fingerprint density at radius 2 is 1.86 bits per heavy atom. The second kappa shape index (κ2) is 21.3. The summed E-state index contributed by atoms with van der Waals surface area (Å²) in [5, 5.41) is 27.4. The Kier molecular flexibility index (Phi) is 15.2. The number of hydrogen-bond acceptors (Lipinski definition) is 7. The van der Waals surface area contributed by atoms with Crippen molar-refractivity contribution in [1.82, 2.24) is 0 Å². The molecule has 2 aliphatic heterocycles. The summed E-state index contributed by atoms with van der Waals surface area (Å²) in [5.41, 5.74) is 14.6. The van der Waals surface area contributed by atoms with E-state index in [1.165, 1.54) is 17.5 Å². The Hall–Kier alpha value is -6.14. The van der Waals surface area contributed by atoms with Crippen LogP contribution in [0.1, 0.15) is 116 Å². The lowest BCUT2D eigenvalue weighted by atomic mass is 9.80. The van der Waals surface area contributed by atoms with E-state index in [0.717, 1.165) is 89.2 Å². The quantitative estimate of drug-likeness (QED) is 0.0452. The third-order valence-corrected chi connectivity index (χ3v) is 12.9. The molecule has 2 heterocycles. The highest BCUT2D eigenvalue weighted by molar-refractivity contribution is 6.00. The molecule has 5 N–H and O–H groups in total. The first-order valence-electron chi connectivity index (χ1n) is 22.8. The van der Waals surface area contributed by atoms with Gasteiger partial charge in [0.05, 0.1) is 7.11 Å². The van der Waals surface area contributed by atoms with Crippen LogP contribution in [-0.4, -0.2) is 42.2 Å². The average molecular weight is 850 g/mol. The number of aliphatic imine (C=N–C) groups is 1. The number of hydrogen-bond donors (Lipinski definition) is 4. The summed E-state index contributed by atoms with van der Waals surface area (Å²) in [6.07, 6.45) is 22.8. The number of aliphatic hydroxyl groups is 1. The van der Waals surface area contributed by atoms with Crippen molar-refractivity contribution in [2.24, 2.45) is 22.6 Å². The van der Waals surface area contributed by atoms with Crippen molar-refractivity contribution >= 4 is 34.3 Å². The maximum absolute atomic E-state index is 13.8. The lowest BCUT2D eigenvalue weighted by molar-refractivity contribution is -0.121. The number of carbonyl (C=O) groups is 1. The zero-order valence-electron chi connectivity index (χ0n) is 37.3. The number of aryl methyl sites for hydroxylation is 2. The topological polar surface area (TPSA) is 136 Å². The first-order chi connectivity index (χ1) is 30.6. The zero-order chi connectivity index (χ0) is 44.3. The Labute approximate surface area is 373 Å². The normalized spacial score (nSPS) is 19.9. The summed E-state index contributed by atoms with van der Waals surface area (Å²) in [4.78, 5) is 17.9. The van der Waals surface area contributed by atoms with E-state index < -0.39 is 6.10 Å². The molecule has 4 aromatic carbocycles. The van der Waals surface area contributed by atoms with Crippen LogP contribution in [0.2, 0.25) is 0 Å². The molecule has 8 rings (SSSR count). The highest BCUT2D eigenvalue weighted by atomic mass is 16.5. The number of nitrogens with zero attached hydrogens (tertiary/aromatic N) is 1. The van der Waals surface area contributed by atoms with E-state index in [1.54, 1.807) is 20.2 Å². The van der Waals surface area contributed by atoms with E-state index in [1.807, 2.05) is 30.3 Å². The smallest absolute Gasteiger partial charge is 0.192 e. The highest BCUT2D eigenvalue weighted by Crippen LogP contribution is 2.42. The lowest BCUT2D eigenvalue weighted by Crippen LogP contribution is -2.24. The molecule has 63 heavy (non-hydrogen) atoms. The molecule has 0 unspecified atom stereocenters. The van der Waals surface area contributed by atoms with Gasteiger partial charge in [0.1, 0.15) is 36.1 Å². The second-order valence-electron chi connectivity index (χ2n) is 17.3. The number of allylic oxidation sites excluding steroid dienone is 4. The maximum atomic E-state index is 13.8. The maximum Gasteiger partial charge on any atom is 0.192 e. The van der Waals surface area contributed by atoms with Crippen LogP contribution in [0.15, 0.2) is 89.7 Å². The third-order valence-electron chi connectivity index (χ3n) is 12.9. The van der Waals surface area contributed by atoms with Gasteiger partial charge in [0, 0.05) is 43.5 Å². The number of anilines is 1. The van der Waals surface area contributed by atoms with Crippen molar-refractivity contribution in [3.05, 3.63) is 124 Å². The molecule has 0 radical (unpaired) electrons. The number of nitrogens with one attached hydrogen (secondary N) is 1. The lowest BCUT2D eigenvalue weighted by Gasteiger charge is -2.28. The summed E-state index contributed by atoms with van der Waals surface area (Å²) in [7, 11) is 3.32. The van der Waals surface area contributed by atoms with Crippen molar-refractivity contribution in [2.75, 3.05) is 19.5 Å². The number of aromatic hydroxyl groups is 1. The standard InChI is InChI=1S/C54H63N3O6/c1-5-6-7-15-44-38(14-10-17-49(44)57-54(55)56-3)13-9-8-12-37-21-24-41(58)30-40(37)31-43-32-42(59)23-19-36-20-27-51(61-4)52(29-36)63-34-39-22-26-47-46(16-11-28-62-43)50(60)33-48-35(2)18-25-45(39)53(47)48/h10,14,17-18,20-22,24-27,29-30,33,35,37,40,43,58,60H,5-9,12-13,15-16,19,23,31-32,34H2,1-4H3,(H3,55,56,57)/t35-,37+,40+,43+/m1/s1. The summed E-state index contributed by atoms with van der Waals surface area (Å²) < 4.78 is 18.4. The number of methoxy groups -OCH3 is 1. The van der Waals surface area contributed by atoms with Gasteiger partial charge < -0.3 is 35.5 Å². The van der Waals surface area contributed by atoms with Crippen molar-refractivity contribution in [3.8, 4) is 29.3 Å². The number of rotatable bonds is 13. The van der Waals surface area contributed by atoms with E-state index >= 15 is 0 Å². The van der Waals surface area contributed by atoms with Crippen molar-refractivity contribution in [1.29, 1.82) is 0 Å². The molecule has 4 aromatic rings. The van der Waals surface area contributed by atoms with Crippen LogP contribution in [0.25, 0.3) is 16.8 Å². The minimum absolute atomic E-state index is 0.0420. The fraction of sp³-hybridized carbons (Fsp3) is 0.407. The molecule has 0 spiro atoms. The molecule has 6 bridgehead atoms. The van der Waals surface area contributed by atoms with E-state index in [0.29, 0.717) is 43.3 Å². The molecule has 0 saturated heterocycles. The summed E-state index contributed by atoms with van der Waals surface area (Å²) >= 11 is 0. The van der Waals surface area contributed by atoms with Crippen LogP contribution < -0.4 is 20.5 Å². The van der Waals surface area contributed by atoms with Crippen LogP contribution in [0.3, 0.4) is 0 Å². The van der Waals surface area contributed by atoms with Crippen LogP contribution in [0.4, 0.5) is 5.69 Å². The van der Waals surface area contributed by atoms with Crippen LogP contribution in [-0.2, 0) is 41.8 Å². The van der Waals surface area contributed by atoms with Gasteiger partial charge in [-0.05, 0) is 137 Å². The van der Waals surface area contributed by atoms with Gasteiger partial charge in [-0.2, -0.15) is 0 Å². The van der Waals surface area contributed by atoms with Gasteiger partial charge in [-0.15, -0.1) is 0 Å². The number of phenols is 1. The molecule has 0 amide bonds. The molecular formula is C54H63N3O6. The monoisotopic (exact) mass is 849 g/mol. The molecule has 9 nitrogen and oxygen atoms in total. The number of Topliss-reactive ketones (excluding diaryl/α,β-unsaturated/α-hetero) is 1. The number of carbonyl (C=O) groups excluding carboxylic acids is 1. The highest BCUT2D eigenvalue weighted by Gasteiger charge is 2.27. The van der Waals surface area contributed by atoms with Crippen molar-refractivity contribution in [3.63, 3.8) is 0 Å². The molecule has 9 heteroatoms. The fourth-order valence-corrected chi connectivity index (χ4v) is 9.42. The number of guanidine groups is 1. The van der Waals surface area contributed by atoms with E-state index in [2.05, 4.69) is 84.7 Å². The largest absolute Gasteiger partial charge is 0.508 e. The van der Waals surface area contributed by atoms with Gasteiger partial charge in [-0.25, -0.2) is 0 Å². The Morgan fingerprint density at radius 3 is 2.68 bits per heavy atom. The van der Waals surface area contributed by atoms with Gasteiger partial charge in [-0.1, -0.05) is 87.6 Å². The molecule has 4 aliphatic rings. The fourth-order valence-electron chi connectivity index (χ4n) is 9.42. The molecule has 0 fully saturated rings. The minimum atomic E-state index is -0.497. The van der Waals surface area contributed by atoms with Crippen LogP contribution in [0.5, 0.6) is 17.2 Å². The van der Waals surface area contributed by atoms with Gasteiger partial charge in [0.2, 0.25) is 0 Å². The number of ketones is 1.